The van der Waals surface area contributed by atoms with Crippen LogP contribution in [-0.4, -0.2) is 58.4 Å². The van der Waals surface area contributed by atoms with Gasteiger partial charge in [-0.15, -0.1) is 0 Å². The molecule has 1 saturated heterocycles. The maximum atomic E-state index is 12.3. The highest BCUT2D eigenvalue weighted by atomic mass is 35.5. The van der Waals surface area contributed by atoms with Crippen LogP contribution >= 0.6 is 11.6 Å². The number of hydrogen-bond donors (Lipinski definition) is 3. The van der Waals surface area contributed by atoms with Crippen LogP contribution in [0.3, 0.4) is 0 Å². The van der Waals surface area contributed by atoms with Gasteiger partial charge in [-0.2, -0.15) is 5.10 Å². The Hall–Kier alpha value is -2.32. The lowest BCUT2D eigenvalue weighted by Gasteiger charge is -2.42. The number of aliphatic hydroxyl groups excluding tert-OH is 1. The Balaban J connectivity index is 1.49. The summed E-state index contributed by atoms with van der Waals surface area (Å²) in [4.78, 5) is 25.3. The van der Waals surface area contributed by atoms with Crippen LogP contribution in [0.2, 0.25) is 5.02 Å². The lowest BCUT2D eigenvalue weighted by Crippen LogP contribution is -2.51. The number of urea groups is 1. The van der Waals surface area contributed by atoms with Gasteiger partial charge in [0.25, 0.3) is 0 Å². The molecule has 3 heterocycles. The Bertz CT molecular complexity index is 937. The van der Waals surface area contributed by atoms with Gasteiger partial charge in [-0.05, 0) is 37.8 Å². The van der Waals surface area contributed by atoms with Crippen LogP contribution in [0.5, 0.6) is 0 Å². The Labute approximate surface area is 167 Å². The number of likely N-dealkylation sites (N-methyl/N-ethyl adjacent to an activating group) is 1. The molecule has 2 aromatic rings. The van der Waals surface area contributed by atoms with E-state index in [4.69, 9.17) is 11.6 Å². The molecule has 0 radical (unpaired) electrons. The number of likely N-dealkylation sites (tertiary alicyclic amines) is 1. The first kappa shape index (κ1) is 19.0. The van der Waals surface area contributed by atoms with Crippen molar-refractivity contribution in [3.63, 3.8) is 0 Å². The minimum atomic E-state index is -0.698. The molecule has 0 bridgehead atoms. The summed E-state index contributed by atoms with van der Waals surface area (Å²) in [5, 5.41) is 22.3. The summed E-state index contributed by atoms with van der Waals surface area (Å²) in [5.74, 6) is -0.0799. The van der Waals surface area contributed by atoms with Gasteiger partial charge in [0.15, 0.2) is 0 Å². The van der Waals surface area contributed by atoms with E-state index >= 15 is 0 Å². The second kappa shape index (κ2) is 6.93. The predicted octanol–water partition coefficient (Wildman–Crippen LogP) is 1.62. The number of hydrogen-bond acceptors (Lipinski definition) is 4. The molecule has 1 fully saturated rings. The predicted molar refractivity (Wildman–Crippen MR) is 105 cm³/mol. The normalized spacial score (nSPS) is 24.6. The summed E-state index contributed by atoms with van der Waals surface area (Å²) in [6, 6.07) is 3.44. The number of amides is 3. The maximum absolute atomic E-state index is 12.3. The Morgan fingerprint density at radius 1 is 1.36 bits per heavy atom. The number of halogens is 1. The summed E-state index contributed by atoms with van der Waals surface area (Å²) in [6.45, 7) is 3.12. The molecule has 1 unspecified atom stereocenters. The van der Waals surface area contributed by atoms with Gasteiger partial charge in [0.05, 0.1) is 23.8 Å². The fourth-order valence-electron chi connectivity index (χ4n) is 4.59. The molecule has 2 aliphatic heterocycles. The number of piperidine rings is 1. The molecular formula is C19H24ClN5O3. The average Bonchev–Trinajstić information content (AvgIpc) is 3.22. The van der Waals surface area contributed by atoms with E-state index in [0.717, 1.165) is 29.3 Å². The molecule has 0 spiro atoms. The van der Waals surface area contributed by atoms with E-state index < -0.39 is 11.6 Å². The van der Waals surface area contributed by atoms with Crippen molar-refractivity contribution in [2.75, 3.05) is 26.7 Å². The lowest BCUT2D eigenvalue weighted by molar-refractivity contribution is -0.119. The molecule has 9 heteroatoms. The van der Waals surface area contributed by atoms with Crippen molar-refractivity contribution in [3.8, 4) is 0 Å². The van der Waals surface area contributed by atoms with Crippen molar-refractivity contribution in [1.29, 1.82) is 0 Å². The van der Waals surface area contributed by atoms with Crippen LogP contribution in [0.15, 0.2) is 18.3 Å². The van der Waals surface area contributed by atoms with E-state index in [2.05, 4.69) is 15.7 Å². The van der Waals surface area contributed by atoms with Gasteiger partial charge in [-0.1, -0.05) is 11.6 Å². The quantitative estimate of drug-likeness (QED) is 0.722. The Morgan fingerprint density at radius 3 is 2.75 bits per heavy atom. The monoisotopic (exact) mass is 405 g/mol. The van der Waals surface area contributed by atoms with E-state index in [1.165, 1.54) is 7.05 Å². The van der Waals surface area contributed by atoms with Crippen molar-refractivity contribution in [1.82, 2.24) is 25.3 Å². The van der Waals surface area contributed by atoms with E-state index in [9.17, 15) is 14.7 Å². The molecule has 2 atom stereocenters. The summed E-state index contributed by atoms with van der Waals surface area (Å²) < 4.78 is 1.94. The number of rotatable bonds is 3. The van der Waals surface area contributed by atoms with Gasteiger partial charge >= 0.3 is 6.03 Å². The van der Waals surface area contributed by atoms with Gasteiger partial charge in [-0.3, -0.25) is 9.48 Å². The third-order valence-electron chi connectivity index (χ3n) is 6.25. The molecule has 3 N–H and O–H groups in total. The average molecular weight is 406 g/mol. The third-order valence-corrected chi connectivity index (χ3v) is 6.47. The van der Waals surface area contributed by atoms with Gasteiger partial charge in [0.2, 0.25) is 5.91 Å². The number of nitrogens with one attached hydrogen (secondary N) is 2. The molecule has 1 aromatic carbocycles. The first-order valence-corrected chi connectivity index (χ1v) is 9.83. The fourth-order valence-corrected chi connectivity index (χ4v) is 4.82. The highest BCUT2D eigenvalue weighted by molar-refractivity contribution is 6.31. The molecule has 1 aromatic heterocycles. The number of benzene rings is 1. The largest absolute Gasteiger partial charge is 0.386 e. The molecule has 28 heavy (non-hydrogen) atoms. The van der Waals surface area contributed by atoms with Crippen molar-refractivity contribution in [2.45, 2.75) is 31.4 Å². The number of carbonyl (C=O) groups excluding carboxylic acids is 2. The summed E-state index contributed by atoms with van der Waals surface area (Å²) >= 11 is 6.22. The molecule has 4 rings (SSSR count). The van der Waals surface area contributed by atoms with Crippen molar-refractivity contribution >= 4 is 34.4 Å². The SMILES string of the molecule is CNC(=O)CNC(=O)N1CCC(C2(C)[C@H](O)c3cc(Cl)cc4cnn2c34)CC1. The maximum Gasteiger partial charge on any atom is 0.317 e. The molecule has 3 amide bonds. The van der Waals surface area contributed by atoms with E-state index in [1.807, 2.05) is 23.7 Å². The number of aliphatic hydroxyl groups is 1. The molecule has 150 valence electrons. The van der Waals surface area contributed by atoms with Crippen molar-refractivity contribution in [2.24, 2.45) is 5.92 Å². The molecule has 0 aliphatic carbocycles. The number of carbonyl (C=O) groups is 2. The standard InChI is InChI=1S/C19H24ClN5O3/c1-19(12-3-5-24(6-4-12)18(28)22-10-15(26)21-2)17(27)14-8-13(20)7-11-9-23-25(19)16(11)14/h7-9,12,17,27H,3-6,10H2,1-2H3,(H,21,26)(H,22,28)/t17-,19?/m1/s1. The van der Waals surface area contributed by atoms with E-state index in [0.29, 0.717) is 18.1 Å². The zero-order valence-electron chi connectivity index (χ0n) is 15.9. The minimum Gasteiger partial charge on any atom is -0.386 e. The third kappa shape index (κ3) is 2.82. The highest BCUT2D eigenvalue weighted by Crippen LogP contribution is 2.51. The summed E-state index contributed by atoms with van der Waals surface area (Å²) in [6.07, 6.45) is 2.57. The first-order chi connectivity index (χ1) is 13.4. The van der Waals surface area contributed by atoms with Crippen LogP contribution in [0.4, 0.5) is 4.79 Å². The zero-order valence-corrected chi connectivity index (χ0v) is 16.7. The van der Waals surface area contributed by atoms with Crippen molar-refractivity contribution in [3.05, 3.63) is 28.9 Å². The fraction of sp³-hybridized carbons (Fsp3) is 0.526. The molecule has 0 saturated carbocycles. The number of nitrogens with zero attached hydrogens (tertiary/aromatic N) is 3. The minimum absolute atomic E-state index is 0.0347. The molecular weight excluding hydrogens is 382 g/mol. The van der Waals surface area contributed by atoms with Crippen LogP contribution in [0.25, 0.3) is 10.9 Å². The summed E-state index contributed by atoms with van der Waals surface area (Å²) in [7, 11) is 1.53. The first-order valence-electron chi connectivity index (χ1n) is 9.45. The van der Waals surface area contributed by atoms with E-state index in [1.54, 1.807) is 11.1 Å². The Kier molecular flexibility index (Phi) is 4.71. The van der Waals surface area contributed by atoms with Gasteiger partial charge in [0, 0.05) is 36.1 Å². The Morgan fingerprint density at radius 2 is 2.07 bits per heavy atom. The van der Waals surface area contributed by atoms with Crippen LogP contribution < -0.4 is 10.6 Å². The van der Waals surface area contributed by atoms with E-state index in [-0.39, 0.29) is 24.4 Å². The van der Waals surface area contributed by atoms with Gasteiger partial charge in [0.1, 0.15) is 6.10 Å². The zero-order chi connectivity index (χ0) is 20.1. The molecule has 2 aliphatic rings. The van der Waals surface area contributed by atoms with Crippen molar-refractivity contribution < 1.29 is 14.7 Å². The topological polar surface area (TPSA) is 99.5 Å². The second-order valence-electron chi connectivity index (χ2n) is 7.71. The van der Waals surface area contributed by atoms with Crippen LogP contribution in [0.1, 0.15) is 31.4 Å². The highest BCUT2D eigenvalue weighted by Gasteiger charge is 2.50. The van der Waals surface area contributed by atoms with Crippen LogP contribution in [0, 0.1) is 5.92 Å². The number of aromatic nitrogens is 2. The van der Waals surface area contributed by atoms with Crippen LogP contribution in [-0.2, 0) is 10.3 Å². The lowest BCUT2D eigenvalue weighted by atomic mass is 9.75. The van der Waals surface area contributed by atoms with Gasteiger partial charge in [-0.25, -0.2) is 4.79 Å². The van der Waals surface area contributed by atoms with Gasteiger partial charge < -0.3 is 20.6 Å². The smallest absolute Gasteiger partial charge is 0.317 e. The summed E-state index contributed by atoms with van der Waals surface area (Å²) in [5.41, 5.74) is 1.16. The molecule has 8 nitrogen and oxygen atoms in total. The second-order valence-corrected chi connectivity index (χ2v) is 8.15.